The van der Waals surface area contributed by atoms with Gasteiger partial charge in [0.25, 0.3) is 0 Å². The maximum atomic E-state index is 8.07. The molecule has 0 amide bonds. The molecule has 0 saturated heterocycles. The van der Waals surface area contributed by atoms with Gasteiger partial charge in [-0.15, -0.1) is 17.0 Å². The summed E-state index contributed by atoms with van der Waals surface area (Å²) in [5.74, 6) is 1.10. The molecule has 0 aliphatic heterocycles. The number of hydrogen-bond donors (Lipinski definition) is 1. The molecule has 0 aliphatic rings. The number of nitrogens with zero attached hydrogens (tertiary/aromatic N) is 1. The van der Waals surface area contributed by atoms with Gasteiger partial charge < -0.3 is 4.90 Å². The lowest BCUT2D eigenvalue weighted by Gasteiger charge is -2.24. The standard InChI is InChI=1S/C13H28N2S.BrH/c1-4-7-10-15(11-8-5-2)13(14)16-12-9-6-3;/h14H,4-12H2,1-3H3;1H. The fourth-order valence-corrected chi connectivity index (χ4v) is 2.41. The maximum Gasteiger partial charge on any atom is 0.156 e. The zero-order chi connectivity index (χ0) is 12.2. The highest BCUT2D eigenvalue weighted by atomic mass is 79.9. The van der Waals surface area contributed by atoms with Crippen LogP contribution in [0.25, 0.3) is 0 Å². The van der Waals surface area contributed by atoms with Crippen molar-refractivity contribution in [1.29, 1.82) is 5.41 Å². The van der Waals surface area contributed by atoms with Crippen LogP contribution in [0.3, 0.4) is 0 Å². The predicted molar refractivity (Wildman–Crippen MR) is 86.8 cm³/mol. The SMILES string of the molecule is Br.CCCCSC(=N)N(CCCC)CCCC. The third kappa shape index (κ3) is 11.1. The molecule has 0 aromatic rings. The Morgan fingerprint density at radius 1 is 0.941 bits per heavy atom. The van der Waals surface area contributed by atoms with Crippen molar-refractivity contribution in [2.75, 3.05) is 18.8 Å². The van der Waals surface area contributed by atoms with Crippen LogP contribution in [0.15, 0.2) is 0 Å². The fourth-order valence-electron chi connectivity index (χ4n) is 1.42. The summed E-state index contributed by atoms with van der Waals surface area (Å²) in [4.78, 5) is 2.26. The molecule has 0 spiro atoms. The van der Waals surface area contributed by atoms with Crippen LogP contribution in [0, 0.1) is 5.41 Å². The van der Waals surface area contributed by atoms with Crippen molar-refractivity contribution in [1.82, 2.24) is 4.90 Å². The van der Waals surface area contributed by atoms with Crippen LogP contribution in [0.5, 0.6) is 0 Å². The first-order valence-corrected chi connectivity index (χ1v) is 7.71. The molecule has 0 aromatic heterocycles. The fraction of sp³-hybridized carbons (Fsp3) is 0.923. The first-order valence-electron chi connectivity index (χ1n) is 6.72. The van der Waals surface area contributed by atoms with Crippen molar-refractivity contribution in [3.63, 3.8) is 0 Å². The summed E-state index contributed by atoms with van der Waals surface area (Å²) >= 11 is 1.72. The molecule has 0 fully saturated rings. The van der Waals surface area contributed by atoms with E-state index in [1.807, 2.05) is 0 Å². The monoisotopic (exact) mass is 324 g/mol. The van der Waals surface area contributed by atoms with Gasteiger partial charge in [-0.2, -0.15) is 0 Å². The van der Waals surface area contributed by atoms with E-state index in [0.717, 1.165) is 24.0 Å². The minimum atomic E-state index is 0. The molecule has 2 nitrogen and oxygen atoms in total. The molecule has 0 radical (unpaired) electrons. The number of unbranched alkanes of at least 4 members (excludes halogenated alkanes) is 3. The van der Waals surface area contributed by atoms with Crippen LogP contribution in [-0.2, 0) is 0 Å². The average molecular weight is 325 g/mol. The minimum absolute atomic E-state index is 0. The second-order valence-corrected chi connectivity index (χ2v) is 5.28. The second kappa shape index (κ2) is 14.4. The van der Waals surface area contributed by atoms with E-state index in [1.165, 1.54) is 38.5 Å². The number of rotatable bonds is 9. The largest absolute Gasteiger partial charge is 0.352 e. The van der Waals surface area contributed by atoms with Crippen molar-refractivity contribution in [3.05, 3.63) is 0 Å². The van der Waals surface area contributed by atoms with Gasteiger partial charge >= 0.3 is 0 Å². The highest BCUT2D eigenvalue weighted by molar-refractivity contribution is 8.93. The van der Waals surface area contributed by atoms with Gasteiger partial charge in [0.15, 0.2) is 5.17 Å². The maximum absolute atomic E-state index is 8.07. The molecule has 104 valence electrons. The first kappa shape index (κ1) is 19.6. The Labute approximate surface area is 122 Å². The highest BCUT2D eigenvalue weighted by Gasteiger charge is 2.08. The highest BCUT2D eigenvalue weighted by Crippen LogP contribution is 2.12. The minimum Gasteiger partial charge on any atom is -0.352 e. The number of halogens is 1. The Morgan fingerprint density at radius 3 is 1.82 bits per heavy atom. The Morgan fingerprint density at radius 2 is 1.41 bits per heavy atom. The molecule has 17 heavy (non-hydrogen) atoms. The summed E-state index contributed by atoms with van der Waals surface area (Å²) < 4.78 is 0. The topological polar surface area (TPSA) is 27.1 Å². The van der Waals surface area contributed by atoms with Gasteiger partial charge in [0.1, 0.15) is 0 Å². The molecule has 4 heteroatoms. The Hall–Kier alpha value is 0.300. The van der Waals surface area contributed by atoms with Gasteiger partial charge in [-0.25, -0.2) is 0 Å². The first-order chi connectivity index (χ1) is 7.76. The third-order valence-electron chi connectivity index (χ3n) is 2.59. The molecule has 0 aromatic carbocycles. The van der Waals surface area contributed by atoms with Gasteiger partial charge in [0.05, 0.1) is 0 Å². The molecular weight excluding hydrogens is 296 g/mol. The summed E-state index contributed by atoms with van der Waals surface area (Å²) in [6.45, 7) is 8.76. The molecule has 0 rings (SSSR count). The third-order valence-corrected chi connectivity index (χ3v) is 3.61. The molecule has 0 heterocycles. The quantitative estimate of drug-likeness (QED) is 0.369. The van der Waals surface area contributed by atoms with Crippen LogP contribution in [0.4, 0.5) is 0 Å². The van der Waals surface area contributed by atoms with Gasteiger partial charge in [0.2, 0.25) is 0 Å². The molecule has 0 unspecified atom stereocenters. The van der Waals surface area contributed by atoms with Crippen molar-refractivity contribution in [3.8, 4) is 0 Å². The van der Waals surface area contributed by atoms with E-state index in [1.54, 1.807) is 11.8 Å². The van der Waals surface area contributed by atoms with E-state index in [2.05, 4.69) is 25.7 Å². The molecule has 0 atom stereocenters. The average Bonchev–Trinajstić information content (AvgIpc) is 2.29. The zero-order valence-corrected chi connectivity index (χ0v) is 14.2. The van der Waals surface area contributed by atoms with Crippen molar-refractivity contribution < 1.29 is 0 Å². The molecule has 0 bridgehead atoms. The summed E-state index contributed by atoms with van der Waals surface area (Å²) in [7, 11) is 0. The van der Waals surface area contributed by atoms with Gasteiger partial charge in [-0.3, -0.25) is 5.41 Å². The van der Waals surface area contributed by atoms with Crippen LogP contribution in [0.1, 0.15) is 59.3 Å². The Balaban J connectivity index is 0. The van der Waals surface area contributed by atoms with E-state index in [-0.39, 0.29) is 17.0 Å². The van der Waals surface area contributed by atoms with Crippen molar-refractivity contribution in [2.45, 2.75) is 59.3 Å². The molecule has 0 aliphatic carbocycles. The lowest BCUT2D eigenvalue weighted by Crippen LogP contribution is -2.30. The summed E-state index contributed by atoms with van der Waals surface area (Å²) in [6, 6.07) is 0. The molecule has 1 N–H and O–H groups in total. The molecule has 0 saturated carbocycles. The number of hydrogen-bond acceptors (Lipinski definition) is 2. The van der Waals surface area contributed by atoms with E-state index in [0.29, 0.717) is 0 Å². The molecular formula is C13H29BrN2S. The summed E-state index contributed by atoms with van der Waals surface area (Å²) in [6.07, 6.45) is 7.30. The van der Waals surface area contributed by atoms with E-state index < -0.39 is 0 Å². The van der Waals surface area contributed by atoms with Crippen LogP contribution in [0.2, 0.25) is 0 Å². The second-order valence-electron chi connectivity index (χ2n) is 4.20. The normalized spacial score (nSPS) is 9.82. The van der Waals surface area contributed by atoms with E-state index >= 15 is 0 Å². The zero-order valence-electron chi connectivity index (χ0n) is 11.6. The van der Waals surface area contributed by atoms with Crippen molar-refractivity contribution >= 4 is 33.9 Å². The lowest BCUT2D eigenvalue weighted by molar-refractivity contribution is 0.403. The smallest absolute Gasteiger partial charge is 0.156 e. The Bertz CT molecular complexity index is 169. The Kier molecular flexibility index (Phi) is 16.6. The van der Waals surface area contributed by atoms with Gasteiger partial charge in [-0.05, 0) is 19.3 Å². The summed E-state index contributed by atoms with van der Waals surface area (Å²) in [5, 5.41) is 8.86. The van der Waals surface area contributed by atoms with Gasteiger partial charge in [-0.1, -0.05) is 51.8 Å². The van der Waals surface area contributed by atoms with Crippen LogP contribution >= 0.6 is 28.7 Å². The van der Waals surface area contributed by atoms with E-state index in [9.17, 15) is 0 Å². The lowest BCUT2D eigenvalue weighted by atomic mass is 10.3. The number of nitrogens with one attached hydrogen (secondary N) is 1. The number of amidine groups is 1. The van der Waals surface area contributed by atoms with Crippen molar-refractivity contribution in [2.24, 2.45) is 0 Å². The van der Waals surface area contributed by atoms with Gasteiger partial charge in [0, 0.05) is 18.8 Å². The van der Waals surface area contributed by atoms with Crippen LogP contribution in [-0.4, -0.2) is 28.9 Å². The van der Waals surface area contributed by atoms with E-state index in [4.69, 9.17) is 5.41 Å². The summed E-state index contributed by atoms with van der Waals surface area (Å²) in [5.41, 5.74) is 0. The number of thioether (sulfide) groups is 1. The predicted octanol–water partition coefficient (Wildman–Crippen LogP) is 4.93. The van der Waals surface area contributed by atoms with Crippen LogP contribution < -0.4 is 0 Å².